The first-order valence-corrected chi connectivity index (χ1v) is 12.0. The maximum absolute atomic E-state index is 12.4. The normalized spacial score (nSPS) is 12.5. The van der Waals surface area contributed by atoms with E-state index in [0.29, 0.717) is 24.1 Å². The standard InChI is InChI=1S/C29H28N2O5/c32-26(30-18-17-23(21-10-3-1-4-11-21)22-12-5-2-6-13-22)20-36-27(33)16-9-19-31-28(34)24-14-7-8-15-25(24)29(31)35/h1-8,10-15,23H,9,16-20H2,(H,30,32). The van der Waals surface area contributed by atoms with Crippen LogP contribution in [0, 0.1) is 0 Å². The number of esters is 1. The number of imide groups is 1. The largest absolute Gasteiger partial charge is 0.456 e. The van der Waals surface area contributed by atoms with Crippen molar-refractivity contribution < 1.29 is 23.9 Å². The van der Waals surface area contributed by atoms with Gasteiger partial charge < -0.3 is 10.1 Å². The van der Waals surface area contributed by atoms with Gasteiger partial charge in [0.05, 0.1) is 11.1 Å². The van der Waals surface area contributed by atoms with Crippen LogP contribution in [0.25, 0.3) is 0 Å². The van der Waals surface area contributed by atoms with E-state index in [1.807, 2.05) is 36.4 Å². The fourth-order valence-corrected chi connectivity index (χ4v) is 4.35. The van der Waals surface area contributed by atoms with Gasteiger partial charge in [0.15, 0.2) is 6.61 Å². The van der Waals surface area contributed by atoms with Gasteiger partial charge in [-0.1, -0.05) is 72.8 Å². The second kappa shape index (κ2) is 11.9. The molecule has 1 aliphatic rings. The number of amides is 3. The molecule has 0 saturated heterocycles. The molecule has 0 aromatic heterocycles. The lowest BCUT2D eigenvalue weighted by Gasteiger charge is -2.18. The Morgan fingerprint density at radius 3 is 1.86 bits per heavy atom. The van der Waals surface area contributed by atoms with Crippen molar-refractivity contribution in [2.24, 2.45) is 0 Å². The highest BCUT2D eigenvalue weighted by atomic mass is 16.5. The zero-order valence-corrected chi connectivity index (χ0v) is 19.9. The summed E-state index contributed by atoms with van der Waals surface area (Å²) in [7, 11) is 0. The molecule has 1 N–H and O–H groups in total. The molecule has 1 heterocycles. The van der Waals surface area contributed by atoms with E-state index in [2.05, 4.69) is 29.6 Å². The lowest BCUT2D eigenvalue weighted by Crippen LogP contribution is -2.32. The average Bonchev–Trinajstić information content (AvgIpc) is 3.16. The lowest BCUT2D eigenvalue weighted by molar-refractivity contribution is -0.148. The van der Waals surface area contributed by atoms with Crippen LogP contribution in [0.5, 0.6) is 0 Å². The van der Waals surface area contributed by atoms with Crippen LogP contribution in [-0.2, 0) is 14.3 Å². The van der Waals surface area contributed by atoms with Crippen molar-refractivity contribution in [3.8, 4) is 0 Å². The highest BCUT2D eigenvalue weighted by molar-refractivity contribution is 6.21. The van der Waals surface area contributed by atoms with Gasteiger partial charge in [0.25, 0.3) is 17.7 Å². The molecule has 3 amide bonds. The average molecular weight is 485 g/mol. The number of fused-ring (bicyclic) bond motifs is 1. The summed E-state index contributed by atoms with van der Waals surface area (Å²) in [6.07, 6.45) is 0.973. The molecule has 0 aliphatic carbocycles. The Morgan fingerprint density at radius 2 is 1.31 bits per heavy atom. The van der Waals surface area contributed by atoms with Gasteiger partial charge in [-0.2, -0.15) is 0 Å². The topological polar surface area (TPSA) is 92.8 Å². The summed E-state index contributed by atoms with van der Waals surface area (Å²) in [5, 5.41) is 2.82. The first-order valence-electron chi connectivity index (χ1n) is 12.0. The smallest absolute Gasteiger partial charge is 0.306 e. The van der Waals surface area contributed by atoms with E-state index in [4.69, 9.17) is 4.74 Å². The molecule has 3 aromatic carbocycles. The summed E-state index contributed by atoms with van der Waals surface area (Å²) in [6, 6.07) is 26.9. The fraction of sp³-hybridized carbons (Fsp3) is 0.241. The first-order chi connectivity index (χ1) is 17.5. The SMILES string of the molecule is O=C(COC(=O)CCCN1C(=O)c2ccccc2C1=O)NCCC(c1ccccc1)c1ccccc1. The number of benzene rings is 3. The maximum atomic E-state index is 12.4. The van der Waals surface area contributed by atoms with Gasteiger partial charge in [-0.05, 0) is 36.1 Å². The number of carbonyl (C=O) groups is 4. The molecule has 0 radical (unpaired) electrons. The summed E-state index contributed by atoms with van der Waals surface area (Å²) in [5.41, 5.74) is 3.09. The number of hydrogen-bond donors (Lipinski definition) is 1. The molecule has 7 nitrogen and oxygen atoms in total. The van der Waals surface area contributed by atoms with E-state index < -0.39 is 5.97 Å². The van der Waals surface area contributed by atoms with Gasteiger partial charge in [-0.3, -0.25) is 24.1 Å². The second-order valence-electron chi connectivity index (χ2n) is 8.58. The summed E-state index contributed by atoms with van der Waals surface area (Å²) in [5.74, 6) is -1.49. The summed E-state index contributed by atoms with van der Waals surface area (Å²) in [4.78, 5) is 50.1. The van der Waals surface area contributed by atoms with E-state index in [9.17, 15) is 19.2 Å². The predicted molar refractivity (Wildman–Crippen MR) is 134 cm³/mol. The first kappa shape index (κ1) is 24.9. The monoisotopic (exact) mass is 484 g/mol. The van der Waals surface area contributed by atoms with Crippen LogP contribution >= 0.6 is 0 Å². The quantitative estimate of drug-likeness (QED) is 0.329. The summed E-state index contributed by atoms with van der Waals surface area (Å²) in [6.45, 7) is 0.186. The van der Waals surface area contributed by atoms with Crippen molar-refractivity contribution in [1.82, 2.24) is 10.2 Å². The molecule has 36 heavy (non-hydrogen) atoms. The van der Waals surface area contributed by atoms with Gasteiger partial charge in [-0.25, -0.2) is 0 Å². The number of carbonyl (C=O) groups excluding carboxylic acids is 4. The number of hydrogen-bond acceptors (Lipinski definition) is 5. The Morgan fingerprint density at radius 1 is 0.778 bits per heavy atom. The van der Waals surface area contributed by atoms with Crippen molar-refractivity contribution in [3.05, 3.63) is 107 Å². The molecular weight excluding hydrogens is 456 g/mol. The maximum Gasteiger partial charge on any atom is 0.306 e. The van der Waals surface area contributed by atoms with Crippen molar-refractivity contribution in [3.63, 3.8) is 0 Å². The van der Waals surface area contributed by atoms with Crippen LogP contribution in [0.15, 0.2) is 84.9 Å². The minimum absolute atomic E-state index is 0.00474. The molecule has 184 valence electrons. The molecule has 0 saturated carbocycles. The number of ether oxygens (including phenoxy) is 1. The van der Waals surface area contributed by atoms with E-state index in [-0.39, 0.29) is 49.6 Å². The zero-order chi connectivity index (χ0) is 25.3. The molecule has 4 rings (SSSR count). The predicted octanol–water partition coefficient (Wildman–Crippen LogP) is 3.94. The van der Waals surface area contributed by atoms with Gasteiger partial charge in [0.2, 0.25) is 0 Å². The Bertz CT molecular complexity index is 1150. The van der Waals surface area contributed by atoms with Gasteiger partial charge in [0, 0.05) is 25.4 Å². The molecule has 0 unspecified atom stereocenters. The van der Waals surface area contributed by atoms with Crippen LogP contribution in [0.3, 0.4) is 0 Å². The fourth-order valence-electron chi connectivity index (χ4n) is 4.35. The van der Waals surface area contributed by atoms with Crippen molar-refractivity contribution >= 4 is 23.7 Å². The number of nitrogens with one attached hydrogen (secondary N) is 1. The molecule has 0 bridgehead atoms. The van der Waals surface area contributed by atoms with Crippen LogP contribution in [0.1, 0.15) is 57.0 Å². The molecule has 7 heteroatoms. The van der Waals surface area contributed by atoms with Crippen molar-refractivity contribution in [2.75, 3.05) is 19.7 Å². The molecule has 0 spiro atoms. The third-order valence-electron chi connectivity index (χ3n) is 6.16. The van der Waals surface area contributed by atoms with Crippen molar-refractivity contribution in [1.29, 1.82) is 0 Å². The Balaban J connectivity index is 1.17. The highest BCUT2D eigenvalue weighted by Gasteiger charge is 2.34. The van der Waals surface area contributed by atoms with Crippen LogP contribution < -0.4 is 5.32 Å². The van der Waals surface area contributed by atoms with Crippen LogP contribution in [0.2, 0.25) is 0 Å². The van der Waals surface area contributed by atoms with E-state index >= 15 is 0 Å². The minimum Gasteiger partial charge on any atom is -0.456 e. The summed E-state index contributed by atoms with van der Waals surface area (Å²) < 4.78 is 5.07. The van der Waals surface area contributed by atoms with E-state index in [1.54, 1.807) is 24.3 Å². The van der Waals surface area contributed by atoms with Crippen molar-refractivity contribution in [2.45, 2.75) is 25.2 Å². The second-order valence-corrected chi connectivity index (χ2v) is 8.58. The Labute approximate surface area is 210 Å². The van der Waals surface area contributed by atoms with Gasteiger partial charge in [0.1, 0.15) is 0 Å². The lowest BCUT2D eigenvalue weighted by atomic mass is 9.88. The number of rotatable bonds is 11. The number of nitrogens with zero attached hydrogens (tertiary/aromatic N) is 1. The Kier molecular flexibility index (Phi) is 8.24. The minimum atomic E-state index is -0.548. The molecule has 1 aliphatic heterocycles. The van der Waals surface area contributed by atoms with Gasteiger partial charge in [-0.15, -0.1) is 0 Å². The third-order valence-corrected chi connectivity index (χ3v) is 6.16. The molecular formula is C29H28N2O5. The van der Waals surface area contributed by atoms with Crippen LogP contribution in [0.4, 0.5) is 0 Å². The zero-order valence-electron chi connectivity index (χ0n) is 19.9. The van der Waals surface area contributed by atoms with E-state index in [0.717, 1.165) is 4.90 Å². The molecule has 3 aromatic rings. The highest BCUT2D eigenvalue weighted by Crippen LogP contribution is 2.27. The third kappa shape index (κ3) is 6.05. The summed E-state index contributed by atoms with van der Waals surface area (Å²) >= 11 is 0. The van der Waals surface area contributed by atoms with E-state index in [1.165, 1.54) is 11.1 Å². The van der Waals surface area contributed by atoms with Gasteiger partial charge >= 0.3 is 5.97 Å². The molecule has 0 atom stereocenters. The molecule has 0 fully saturated rings. The van der Waals surface area contributed by atoms with Crippen LogP contribution in [-0.4, -0.2) is 48.3 Å². The Hall–Kier alpha value is -4.26.